The average Bonchev–Trinajstić information content (AvgIpc) is 3.42. The van der Waals surface area contributed by atoms with Gasteiger partial charge >= 0.3 is 0 Å². The summed E-state index contributed by atoms with van der Waals surface area (Å²) < 4.78 is 29.1. The van der Waals surface area contributed by atoms with E-state index in [9.17, 15) is 13.2 Å². The van der Waals surface area contributed by atoms with Crippen LogP contribution >= 0.6 is 11.8 Å². The number of fused-ring (bicyclic) bond motifs is 1. The Hall–Kier alpha value is -2.62. The van der Waals surface area contributed by atoms with Gasteiger partial charge in [0.05, 0.1) is 16.3 Å². The highest BCUT2D eigenvalue weighted by molar-refractivity contribution is 7.98. The maximum Gasteiger partial charge on any atom is 0.256 e. The van der Waals surface area contributed by atoms with Crippen LogP contribution < -0.4 is 5.32 Å². The van der Waals surface area contributed by atoms with Crippen LogP contribution in [0.5, 0.6) is 0 Å². The van der Waals surface area contributed by atoms with Gasteiger partial charge in [-0.2, -0.15) is 21.2 Å². The van der Waals surface area contributed by atoms with E-state index in [2.05, 4.69) is 5.32 Å². The van der Waals surface area contributed by atoms with Crippen molar-refractivity contribution < 1.29 is 13.2 Å². The zero-order valence-corrected chi connectivity index (χ0v) is 20.1. The molecule has 1 saturated heterocycles. The van der Waals surface area contributed by atoms with E-state index in [1.165, 1.54) is 16.4 Å². The molecule has 0 saturated carbocycles. The maximum atomic E-state index is 13.1. The van der Waals surface area contributed by atoms with Crippen molar-refractivity contribution in [2.45, 2.75) is 42.6 Å². The Morgan fingerprint density at radius 3 is 2.52 bits per heavy atom. The number of thioether (sulfide) groups is 1. The van der Waals surface area contributed by atoms with E-state index >= 15 is 0 Å². The number of hydrogen-bond donors (Lipinski definition) is 1. The molecule has 1 fully saturated rings. The van der Waals surface area contributed by atoms with E-state index < -0.39 is 10.0 Å². The summed E-state index contributed by atoms with van der Waals surface area (Å²) in [6, 6.07) is 14.2. The van der Waals surface area contributed by atoms with Crippen LogP contribution in [0.25, 0.3) is 5.69 Å². The molecule has 1 N–H and O–H groups in total. The summed E-state index contributed by atoms with van der Waals surface area (Å²) in [7, 11) is -3.52. The number of rotatable bonds is 5. The van der Waals surface area contributed by atoms with Crippen LogP contribution in [-0.2, 0) is 21.5 Å². The van der Waals surface area contributed by atoms with Crippen molar-refractivity contribution in [2.75, 3.05) is 18.4 Å². The second-order valence-electron chi connectivity index (χ2n) is 8.46. The van der Waals surface area contributed by atoms with E-state index in [4.69, 9.17) is 5.10 Å². The van der Waals surface area contributed by atoms with E-state index in [0.717, 1.165) is 53.3 Å². The standard InChI is InChI=1S/C24H26N4O3S2/c1-17-6-5-7-19(14-17)28-23(21-15-32-16-22(21)26-28)25-24(29)18-8-10-20(11-9-18)33(30,31)27-12-3-2-4-13-27/h5-11,14H,2-4,12-13,15-16H2,1H3,(H,25,29). The van der Waals surface area contributed by atoms with E-state index in [1.54, 1.807) is 28.6 Å². The summed E-state index contributed by atoms with van der Waals surface area (Å²) in [5.74, 6) is 2.00. The number of anilines is 1. The molecule has 7 nitrogen and oxygen atoms in total. The largest absolute Gasteiger partial charge is 0.306 e. The summed E-state index contributed by atoms with van der Waals surface area (Å²) in [5, 5.41) is 7.78. The SMILES string of the molecule is Cc1cccc(-n2nc3c(c2NC(=O)c2ccc(S(=O)(=O)N4CCCCC4)cc2)CSC3)c1. The topological polar surface area (TPSA) is 84.3 Å². The smallest absolute Gasteiger partial charge is 0.256 e. The molecule has 2 aliphatic rings. The second-order valence-corrected chi connectivity index (χ2v) is 11.4. The van der Waals surface area contributed by atoms with Gasteiger partial charge in [-0.15, -0.1) is 0 Å². The lowest BCUT2D eigenvalue weighted by Gasteiger charge is -2.25. The molecule has 2 aliphatic heterocycles. The van der Waals surface area contributed by atoms with Crippen LogP contribution in [0.3, 0.4) is 0 Å². The molecule has 3 aromatic rings. The van der Waals surface area contributed by atoms with Crippen molar-refractivity contribution in [3.63, 3.8) is 0 Å². The van der Waals surface area contributed by atoms with Gasteiger partial charge in [0.15, 0.2) is 0 Å². The molecular weight excluding hydrogens is 456 g/mol. The Morgan fingerprint density at radius 2 is 1.79 bits per heavy atom. The Morgan fingerprint density at radius 1 is 1.03 bits per heavy atom. The summed E-state index contributed by atoms with van der Waals surface area (Å²) in [4.78, 5) is 13.3. The molecule has 172 valence electrons. The van der Waals surface area contributed by atoms with Crippen molar-refractivity contribution in [1.82, 2.24) is 14.1 Å². The van der Waals surface area contributed by atoms with Crippen LogP contribution in [0.1, 0.15) is 46.4 Å². The fourth-order valence-corrected chi connectivity index (χ4v) is 6.85. The Kier molecular flexibility index (Phi) is 6.03. The minimum Gasteiger partial charge on any atom is -0.306 e. The number of piperidine rings is 1. The van der Waals surface area contributed by atoms with Crippen molar-refractivity contribution in [3.8, 4) is 5.69 Å². The summed E-state index contributed by atoms with van der Waals surface area (Å²) in [6.07, 6.45) is 2.83. The first kappa shape index (κ1) is 22.2. The van der Waals surface area contributed by atoms with Crippen LogP contribution in [0.2, 0.25) is 0 Å². The number of amides is 1. The van der Waals surface area contributed by atoms with Gasteiger partial charge in [0.25, 0.3) is 5.91 Å². The third kappa shape index (κ3) is 4.32. The monoisotopic (exact) mass is 482 g/mol. The number of hydrogen-bond acceptors (Lipinski definition) is 5. The maximum absolute atomic E-state index is 13.1. The second kappa shape index (κ2) is 8.96. The summed E-state index contributed by atoms with van der Waals surface area (Å²) in [5.41, 5.74) is 4.44. The first-order chi connectivity index (χ1) is 15.9. The highest BCUT2D eigenvalue weighted by Gasteiger charge is 2.27. The zero-order chi connectivity index (χ0) is 23.0. The molecule has 0 bridgehead atoms. The van der Waals surface area contributed by atoms with Gasteiger partial charge in [-0.05, 0) is 61.7 Å². The fourth-order valence-electron chi connectivity index (χ4n) is 4.30. The molecule has 5 rings (SSSR count). The molecule has 0 unspecified atom stereocenters. The molecule has 33 heavy (non-hydrogen) atoms. The molecule has 9 heteroatoms. The van der Waals surface area contributed by atoms with Crippen molar-refractivity contribution >= 4 is 33.5 Å². The molecule has 1 amide bonds. The van der Waals surface area contributed by atoms with Crippen LogP contribution in [-0.4, -0.2) is 41.5 Å². The van der Waals surface area contributed by atoms with Gasteiger partial charge in [0.1, 0.15) is 5.82 Å². The lowest BCUT2D eigenvalue weighted by molar-refractivity contribution is 0.102. The van der Waals surface area contributed by atoms with Gasteiger partial charge in [-0.3, -0.25) is 4.79 Å². The van der Waals surface area contributed by atoms with Crippen molar-refractivity contribution in [1.29, 1.82) is 0 Å². The predicted molar refractivity (Wildman–Crippen MR) is 130 cm³/mol. The van der Waals surface area contributed by atoms with Crippen LogP contribution in [0, 0.1) is 6.92 Å². The third-order valence-electron chi connectivity index (χ3n) is 6.10. The molecule has 2 aromatic carbocycles. The van der Waals surface area contributed by atoms with Gasteiger partial charge in [0, 0.05) is 35.7 Å². The van der Waals surface area contributed by atoms with Crippen molar-refractivity contribution in [3.05, 3.63) is 70.9 Å². The predicted octanol–water partition coefficient (Wildman–Crippen LogP) is 4.35. The van der Waals surface area contributed by atoms with Gasteiger partial charge in [-0.25, -0.2) is 13.1 Å². The lowest BCUT2D eigenvalue weighted by atomic mass is 10.2. The minimum absolute atomic E-state index is 0.225. The summed E-state index contributed by atoms with van der Waals surface area (Å²) in [6.45, 7) is 3.13. The first-order valence-corrected chi connectivity index (χ1v) is 13.7. The van der Waals surface area contributed by atoms with Crippen molar-refractivity contribution in [2.24, 2.45) is 0 Å². The highest BCUT2D eigenvalue weighted by Crippen LogP contribution is 2.36. The Balaban J connectivity index is 1.40. The number of aryl methyl sites for hydroxylation is 1. The molecule has 0 spiro atoms. The molecule has 1 aromatic heterocycles. The zero-order valence-electron chi connectivity index (χ0n) is 18.5. The van der Waals surface area contributed by atoms with Gasteiger partial charge in [0.2, 0.25) is 10.0 Å². The van der Waals surface area contributed by atoms with Gasteiger partial charge in [-0.1, -0.05) is 18.6 Å². The Labute approximate surface area is 198 Å². The van der Waals surface area contributed by atoms with Crippen LogP contribution in [0.4, 0.5) is 5.82 Å². The quantitative estimate of drug-likeness (QED) is 0.584. The number of benzene rings is 2. The van der Waals surface area contributed by atoms with Gasteiger partial charge < -0.3 is 5.32 Å². The average molecular weight is 483 g/mol. The minimum atomic E-state index is -3.52. The fraction of sp³-hybridized carbons (Fsp3) is 0.333. The number of aromatic nitrogens is 2. The highest BCUT2D eigenvalue weighted by atomic mass is 32.2. The molecule has 0 aliphatic carbocycles. The number of sulfonamides is 1. The number of carbonyl (C=O) groups is 1. The third-order valence-corrected chi connectivity index (χ3v) is 8.98. The number of nitrogens with zero attached hydrogens (tertiary/aromatic N) is 3. The molecule has 0 radical (unpaired) electrons. The van der Waals surface area contributed by atoms with E-state index in [1.807, 2.05) is 31.2 Å². The molecule has 0 atom stereocenters. The first-order valence-electron chi connectivity index (χ1n) is 11.1. The summed E-state index contributed by atoms with van der Waals surface area (Å²) >= 11 is 1.77. The Bertz CT molecular complexity index is 1290. The van der Waals surface area contributed by atoms with E-state index in [0.29, 0.717) is 24.5 Å². The molecule has 3 heterocycles. The van der Waals surface area contributed by atoms with Crippen LogP contribution in [0.15, 0.2) is 53.4 Å². The lowest BCUT2D eigenvalue weighted by Crippen LogP contribution is -2.35. The molecular formula is C24H26N4O3S2. The van der Waals surface area contributed by atoms with E-state index in [-0.39, 0.29) is 10.8 Å². The number of nitrogens with one attached hydrogen (secondary N) is 1. The normalized spacial score (nSPS) is 16.5. The number of carbonyl (C=O) groups excluding carboxylic acids is 1.